The van der Waals surface area contributed by atoms with E-state index in [4.69, 9.17) is 5.11 Å². The third-order valence-corrected chi connectivity index (χ3v) is 2.90. The molecule has 1 atom stereocenters. The van der Waals surface area contributed by atoms with Crippen LogP contribution in [-0.2, 0) is 4.79 Å². The van der Waals surface area contributed by atoms with Gasteiger partial charge in [0.05, 0.1) is 17.6 Å². The van der Waals surface area contributed by atoms with Crippen molar-refractivity contribution in [2.75, 3.05) is 20.1 Å². The van der Waals surface area contributed by atoms with E-state index < -0.39 is 23.0 Å². The molecule has 0 heterocycles. The third kappa shape index (κ3) is 5.35. The fourth-order valence-corrected chi connectivity index (χ4v) is 1.41. The second-order valence-corrected chi connectivity index (χ2v) is 5.55. The number of carboxylic acids is 1. The van der Waals surface area contributed by atoms with Gasteiger partial charge in [-0.15, -0.1) is 0 Å². The highest BCUT2D eigenvalue weighted by Crippen LogP contribution is 2.19. The SMILES string of the molecule is CCC(C)(CNC(=O)N(C)CC(C)(C)O)C(=O)O. The Labute approximate surface area is 108 Å². The molecule has 0 spiro atoms. The number of carbonyl (C=O) groups excluding carboxylic acids is 1. The number of urea groups is 1. The Morgan fingerprint density at radius 3 is 2.11 bits per heavy atom. The van der Waals surface area contributed by atoms with E-state index >= 15 is 0 Å². The summed E-state index contributed by atoms with van der Waals surface area (Å²) in [5.41, 5.74) is -1.95. The van der Waals surface area contributed by atoms with Crippen molar-refractivity contribution in [1.82, 2.24) is 10.2 Å². The Bertz CT molecular complexity index is 312. The van der Waals surface area contributed by atoms with E-state index in [9.17, 15) is 14.7 Å². The molecule has 0 aromatic carbocycles. The van der Waals surface area contributed by atoms with Gasteiger partial charge in [-0.25, -0.2) is 4.79 Å². The van der Waals surface area contributed by atoms with Crippen molar-refractivity contribution in [3.63, 3.8) is 0 Å². The van der Waals surface area contributed by atoms with E-state index in [0.717, 1.165) is 0 Å². The molecule has 0 saturated heterocycles. The number of aliphatic hydroxyl groups is 1. The van der Waals surface area contributed by atoms with Gasteiger partial charge in [0.1, 0.15) is 0 Å². The maximum Gasteiger partial charge on any atom is 0.317 e. The number of aliphatic carboxylic acids is 1. The Kier molecular flexibility index (Phi) is 5.60. The van der Waals surface area contributed by atoms with Gasteiger partial charge in [-0.1, -0.05) is 6.92 Å². The van der Waals surface area contributed by atoms with E-state index in [2.05, 4.69) is 5.32 Å². The molecule has 0 bridgehead atoms. The van der Waals surface area contributed by atoms with Gasteiger partial charge in [-0.05, 0) is 27.2 Å². The standard InChI is InChI=1S/C12H24N2O4/c1-6-12(4,9(15)16)7-13-10(17)14(5)8-11(2,3)18/h18H,6-8H2,1-5H3,(H,13,17)(H,15,16). The maximum atomic E-state index is 11.7. The quantitative estimate of drug-likeness (QED) is 0.662. The number of carboxylic acid groups (broad SMARTS) is 1. The monoisotopic (exact) mass is 260 g/mol. The lowest BCUT2D eigenvalue weighted by molar-refractivity contribution is -0.147. The van der Waals surface area contributed by atoms with E-state index in [1.807, 2.05) is 0 Å². The van der Waals surface area contributed by atoms with Crippen LogP contribution >= 0.6 is 0 Å². The van der Waals surface area contributed by atoms with Crippen LogP contribution in [0.15, 0.2) is 0 Å². The Hall–Kier alpha value is -1.30. The van der Waals surface area contributed by atoms with Crippen molar-refractivity contribution >= 4 is 12.0 Å². The minimum atomic E-state index is -0.979. The van der Waals surface area contributed by atoms with Crippen LogP contribution in [0, 0.1) is 5.41 Å². The highest BCUT2D eigenvalue weighted by Gasteiger charge is 2.32. The van der Waals surface area contributed by atoms with Crippen LogP contribution in [0.2, 0.25) is 0 Å². The number of amides is 2. The predicted molar refractivity (Wildman–Crippen MR) is 68.4 cm³/mol. The summed E-state index contributed by atoms with van der Waals surface area (Å²) in [5.74, 6) is -0.935. The van der Waals surface area contributed by atoms with Gasteiger partial charge < -0.3 is 20.4 Å². The lowest BCUT2D eigenvalue weighted by Gasteiger charge is -2.28. The number of likely N-dealkylation sites (N-methyl/N-ethyl adjacent to an activating group) is 1. The summed E-state index contributed by atoms with van der Waals surface area (Å²) in [7, 11) is 1.55. The molecular formula is C12H24N2O4. The van der Waals surface area contributed by atoms with Crippen LogP contribution < -0.4 is 5.32 Å². The summed E-state index contributed by atoms with van der Waals surface area (Å²) in [6.07, 6.45) is 0.428. The van der Waals surface area contributed by atoms with Crippen molar-refractivity contribution in [1.29, 1.82) is 0 Å². The summed E-state index contributed by atoms with van der Waals surface area (Å²) >= 11 is 0. The van der Waals surface area contributed by atoms with Crippen LogP contribution in [0.3, 0.4) is 0 Å². The zero-order valence-electron chi connectivity index (χ0n) is 11.8. The van der Waals surface area contributed by atoms with Crippen molar-refractivity contribution in [2.24, 2.45) is 5.41 Å². The Morgan fingerprint density at radius 2 is 1.78 bits per heavy atom. The predicted octanol–water partition coefficient (Wildman–Crippen LogP) is 0.900. The molecule has 0 aliphatic rings. The fourth-order valence-electron chi connectivity index (χ4n) is 1.41. The zero-order valence-corrected chi connectivity index (χ0v) is 11.8. The minimum absolute atomic E-state index is 0.0634. The van der Waals surface area contributed by atoms with Gasteiger partial charge in [0.25, 0.3) is 0 Å². The van der Waals surface area contributed by atoms with Crippen LogP contribution in [0.5, 0.6) is 0 Å². The molecule has 6 heteroatoms. The van der Waals surface area contributed by atoms with Crippen LogP contribution in [0.25, 0.3) is 0 Å². The molecule has 1 unspecified atom stereocenters. The molecule has 18 heavy (non-hydrogen) atoms. The van der Waals surface area contributed by atoms with Gasteiger partial charge in [-0.2, -0.15) is 0 Å². The van der Waals surface area contributed by atoms with Gasteiger partial charge >= 0.3 is 12.0 Å². The number of nitrogens with one attached hydrogen (secondary N) is 1. The van der Waals surface area contributed by atoms with Crippen LogP contribution in [-0.4, -0.2) is 52.9 Å². The van der Waals surface area contributed by atoms with Gasteiger partial charge in [-0.3, -0.25) is 4.79 Å². The lowest BCUT2D eigenvalue weighted by atomic mass is 9.88. The smallest absolute Gasteiger partial charge is 0.317 e. The van der Waals surface area contributed by atoms with E-state index in [1.165, 1.54) is 4.90 Å². The van der Waals surface area contributed by atoms with Gasteiger partial charge in [0.15, 0.2) is 0 Å². The normalized spacial score (nSPS) is 14.8. The summed E-state index contributed by atoms with van der Waals surface area (Å²) in [6.45, 7) is 6.80. The summed E-state index contributed by atoms with van der Waals surface area (Å²) < 4.78 is 0. The average Bonchev–Trinajstić information content (AvgIpc) is 2.22. The van der Waals surface area contributed by atoms with Crippen LogP contribution in [0.4, 0.5) is 4.79 Å². The molecule has 2 amide bonds. The van der Waals surface area contributed by atoms with E-state index in [0.29, 0.717) is 6.42 Å². The first-order chi connectivity index (χ1) is 8.02. The first kappa shape index (κ1) is 16.7. The van der Waals surface area contributed by atoms with E-state index in [1.54, 1.807) is 34.7 Å². The maximum absolute atomic E-state index is 11.7. The van der Waals surface area contributed by atoms with Crippen molar-refractivity contribution in [2.45, 2.75) is 39.7 Å². The molecule has 0 aromatic rings. The average molecular weight is 260 g/mol. The molecule has 0 fully saturated rings. The van der Waals surface area contributed by atoms with Crippen molar-refractivity contribution in [3.8, 4) is 0 Å². The highest BCUT2D eigenvalue weighted by molar-refractivity contribution is 5.77. The Morgan fingerprint density at radius 1 is 1.28 bits per heavy atom. The molecule has 0 rings (SSSR count). The number of hydrogen-bond donors (Lipinski definition) is 3. The summed E-state index contributed by atoms with van der Waals surface area (Å²) in [5, 5.41) is 21.2. The second-order valence-electron chi connectivity index (χ2n) is 5.55. The number of carbonyl (C=O) groups is 2. The van der Waals surface area contributed by atoms with Gasteiger partial charge in [0, 0.05) is 13.6 Å². The summed E-state index contributed by atoms with van der Waals surface area (Å²) in [4.78, 5) is 24.1. The molecule has 0 aromatic heterocycles. The lowest BCUT2D eigenvalue weighted by Crippen LogP contribution is -2.48. The van der Waals surface area contributed by atoms with Crippen molar-refractivity contribution in [3.05, 3.63) is 0 Å². The highest BCUT2D eigenvalue weighted by atomic mass is 16.4. The Balaban J connectivity index is 4.38. The number of rotatable bonds is 6. The molecule has 0 aliphatic carbocycles. The minimum Gasteiger partial charge on any atom is -0.481 e. The van der Waals surface area contributed by atoms with E-state index in [-0.39, 0.29) is 13.1 Å². The molecule has 0 radical (unpaired) electrons. The van der Waals surface area contributed by atoms with Crippen LogP contribution in [0.1, 0.15) is 34.1 Å². The molecular weight excluding hydrogens is 236 g/mol. The second kappa shape index (κ2) is 6.04. The first-order valence-corrected chi connectivity index (χ1v) is 5.96. The fraction of sp³-hybridized carbons (Fsp3) is 0.833. The zero-order chi connectivity index (χ0) is 14.6. The third-order valence-electron chi connectivity index (χ3n) is 2.90. The summed E-state index contributed by atoms with van der Waals surface area (Å²) in [6, 6.07) is -0.391. The molecule has 106 valence electrons. The molecule has 6 nitrogen and oxygen atoms in total. The molecule has 3 N–H and O–H groups in total. The topological polar surface area (TPSA) is 89.9 Å². The number of nitrogens with zero attached hydrogens (tertiary/aromatic N) is 1. The molecule has 0 saturated carbocycles. The van der Waals surface area contributed by atoms with Gasteiger partial charge in [0.2, 0.25) is 0 Å². The largest absolute Gasteiger partial charge is 0.481 e. The first-order valence-electron chi connectivity index (χ1n) is 5.96. The number of hydrogen-bond acceptors (Lipinski definition) is 3. The molecule has 0 aliphatic heterocycles. The van der Waals surface area contributed by atoms with Crippen molar-refractivity contribution < 1.29 is 19.8 Å².